The summed E-state index contributed by atoms with van der Waals surface area (Å²) in [6.07, 6.45) is 1.39. The lowest BCUT2D eigenvalue weighted by Crippen LogP contribution is -1.94. The van der Waals surface area contributed by atoms with Crippen molar-refractivity contribution in [3.8, 4) is 23.7 Å². The van der Waals surface area contributed by atoms with Gasteiger partial charge in [-0.15, -0.1) is 0 Å². The molecule has 0 aromatic heterocycles. The normalized spacial score (nSPS) is 10.1. The van der Waals surface area contributed by atoms with Gasteiger partial charge in [0.25, 0.3) is 0 Å². The molecule has 0 nitrogen and oxygen atoms in total. The van der Waals surface area contributed by atoms with E-state index in [9.17, 15) is 17.6 Å². The summed E-state index contributed by atoms with van der Waals surface area (Å²) < 4.78 is 55.1. The first kappa shape index (κ1) is 21.5. The average Bonchev–Trinajstić information content (AvgIpc) is 2.71. The van der Waals surface area contributed by atoms with Crippen LogP contribution in [-0.4, -0.2) is 0 Å². The molecule has 0 unspecified atom stereocenters. The Morgan fingerprint density at radius 1 is 0.667 bits per heavy atom. The third-order valence-corrected chi connectivity index (χ3v) is 4.55. The Hall–Kier alpha value is -3.21. The van der Waals surface area contributed by atoms with E-state index >= 15 is 0 Å². The number of rotatable bonds is 2. The minimum atomic E-state index is -0.881. The third kappa shape index (κ3) is 5.23. The smallest absolute Gasteiger partial charge is 0.146 e. The van der Waals surface area contributed by atoms with E-state index in [1.165, 1.54) is 12.1 Å². The van der Waals surface area contributed by atoms with Crippen molar-refractivity contribution in [1.82, 2.24) is 0 Å². The second-order valence-corrected chi connectivity index (χ2v) is 6.89. The Balaban J connectivity index is 1.79. The van der Waals surface area contributed by atoms with E-state index in [2.05, 4.69) is 23.7 Å². The van der Waals surface area contributed by atoms with Crippen LogP contribution in [0.3, 0.4) is 0 Å². The molecule has 150 valence electrons. The molecule has 0 saturated heterocycles. The number of hydrogen-bond acceptors (Lipinski definition) is 0. The van der Waals surface area contributed by atoms with E-state index in [4.69, 9.17) is 11.6 Å². The van der Waals surface area contributed by atoms with Gasteiger partial charge in [-0.25, -0.2) is 17.6 Å². The van der Waals surface area contributed by atoms with Crippen molar-refractivity contribution in [2.75, 3.05) is 0 Å². The molecule has 0 saturated carbocycles. The fourth-order valence-electron chi connectivity index (χ4n) is 2.72. The van der Waals surface area contributed by atoms with Gasteiger partial charge in [0.1, 0.15) is 28.3 Å². The molecule has 0 aliphatic carbocycles. The summed E-state index contributed by atoms with van der Waals surface area (Å²) in [5, 5.41) is -0.573. The van der Waals surface area contributed by atoms with Crippen LogP contribution >= 0.6 is 11.6 Å². The summed E-state index contributed by atoms with van der Waals surface area (Å²) >= 11 is 5.44. The molecule has 3 aromatic rings. The molecular formula is C25H15ClF4. The monoisotopic (exact) mass is 426 g/mol. The van der Waals surface area contributed by atoms with Crippen LogP contribution in [0.4, 0.5) is 17.6 Å². The highest BCUT2D eigenvalue weighted by Gasteiger charge is 2.09. The summed E-state index contributed by atoms with van der Waals surface area (Å²) in [6, 6.07) is 11.3. The maximum absolute atomic E-state index is 14.1. The van der Waals surface area contributed by atoms with Crippen LogP contribution in [0.5, 0.6) is 0 Å². The second-order valence-electron chi connectivity index (χ2n) is 6.52. The molecule has 0 N–H and O–H groups in total. The van der Waals surface area contributed by atoms with Crippen molar-refractivity contribution < 1.29 is 17.6 Å². The molecule has 3 aromatic carbocycles. The Kier molecular flexibility index (Phi) is 6.83. The van der Waals surface area contributed by atoms with Crippen LogP contribution in [0, 0.1) is 47.0 Å². The second kappa shape index (κ2) is 9.53. The molecule has 30 heavy (non-hydrogen) atoms. The zero-order valence-electron chi connectivity index (χ0n) is 15.9. The van der Waals surface area contributed by atoms with Gasteiger partial charge in [0, 0.05) is 16.7 Å². The average molecular weight is 427 g/mol. The Labute approximate surface area is 177 Å². The van der Waals surface area contributed by atoms with Gasteiger partial charge in [-0.1, -0.05) is 48.6 Å². The van der Waals surface area contributed by atoms with E-state index in [-0.39, 0.29) is 11.1 Å². The molecule has 5 heteroatoms. The summed E-state index contributed by atoms with van der Waals surface area (Å²) in [6.45, 7) is 1.93. The van der Waals surface area contributed by atoms with Gasteiger partial charge in [-0.3, -0.25) is 0 Å². The fraction of sp³-hybridized carbons (Fsp3) is 0.120. The Morgan fingerprint density at radius 3 is 1.63 bits per heavy atom. The topological polar surface area (TPSA) is 0 Å². The first-order valence-electron chi connectivity index (χ1n) is 9.14. The summed E-state index contributed by atoms with van der Waals surface area (Å²) in [5.74, 6) is 7.56. The van der Waals surface area contributed by atoms with Crippen LogP contribution < -0.4 is 0 Å². The molecule has 0 radical (unpaired) electrons. The standard InChI is InChI=1S/C25H15ClF4/c1-2-3-18-12-21(27)20(22(28)13-18)11-10-17-6-4-16(5-7-17)8-9-19-14-23(29)25(26)24(30)15-19/h4-7,12-15H,2-3H2,1H3. The number of aryl methyl sites for hydroxylation is 1. The molecule has 3 rings (SSSR count). The number of hydrogen-bond donors (Lipinski definition) is 0. The van der Waals surface area contributed by atoms with Crippen molar-refractivity contribution in [2.45, 2.75) is 19.8 Å². The highest BCUT2D eigenvalue weighted by atomic mass is 35.5. The lowest BCUT2D eigenvalue weighted by atomic mass is 10.1. The highest BCUT2D eigenvalue weighted by molar-refractivity contribution is 6.30. The van der Waals surface area contributed by atoms with Gasteiger partial charge >= 0.3 is 0 Å². The molecule has 0 amide bonds. The largest absolute Gasteiger partial charge is 0.206 e. The van der Waals surface area contributed by atoms with E-state index in [1.54, 1.807) is 24.3 Å². The van der Waals surface area contributed by atoms with Crippen LogP contribution in [-0.2, 0) is 6.42 Å². The van der Waals surface area contributed by atoms with Crippen LogP contribution in [0.1, 0.15) is 41.2 Å². The first-order valence-corrected chi connectivity index (χ1v) is 9.51. The Bertz CT molecular complexity index is 1160. The molecule has 0 heterocycles. The SMILES string of the molecule is CCCc1cc(F)c(C#Cc2ccc(C#Cc3cc(F)c(Cl)c(F)c3)cc2)c(F)c1. The van der Waals surface area contributed by atoms with Crippen molar-refractivity contribution >= 4 is 11.6 Å². The van der Waals surface area contributed by atoms with Gasteiger partial charge in [0.2, 0.25) is 0 Å². The van der Waals surface area contributed by atoms with E-state index in [1.807, 2.05) is 6.92 Å². The minimum absolute atomic E-state index is 0.149. The molecule has 0 fully saturated rings. The molecule has 0 aliphatic heterocycles. The molecule has 0 spiro atoms. The zero-order chi connectivity index (χ0) is 21.7. The summed E-state index contributed by atoms with van der Waals surface area (Å²) in [4.78, 5) is 0. The Morgan fingerprint density at radius 2 is 1.13 bits per heavy atom. The van der Waals surface area contributed by atoms with Crippen LogP contribution in [0.25, 0.3) is 0 Å². The van der Waals surface area contributed by atoms with Crippen molar-refractivity contribution in [2.24, 2.45) is 0 Å². The van der Waals surface area contributed by atoms with Crippen molar-refractivity contribution in [3.63, 3.8) is 0 Å². The zero-order valence-corrected chi connectivity index (χ0v) is 16.7. The summed E-state index contributed by atoms with van der Waals surface area (Å²) in [5.41, 5.74) is 1.60. The van der Waals surface area contributed by atoms with Gasteiger partial charge in [-0.2, -0.15) is 0 Å². The van der Waals surface area contributed by atoms with Gasteiger partial charge in [0.15, 0.2) is 0 Å². The quantitative estimate of drug-likeness (QED) is 0.244. The van der Waals surface area contributed by atoms with E-state index in [0.717, 1.165) is 18.6 Å². The van der Waals surface area contributed by atoms with E-state index < -0.39 is 28.3 Å². The molecule has 0 aliphatic rings. The third-order valence-electron chi connectivity index (χ3n) is 4.19. The predicted octanol–water partition coefficient (Wildman–Crippen LogP) is 6.65. The predicted molar refractivity (Wildman–Crippen MR) is 110 cm³/mol. The first-order chi connectivity index (χ1) is 14.4. The molecule has 0 atom stereocenters. The lowest BCUT2D eigenvalue weighted by Gasteiger charge is -2.02. The minimum Gasteiger partial charge on any atom is -0.206 e. The lowest BCUT2D eigenvalue weighted by molar-refractivity contribution is 0.573. The fourth-order valence-corrected chi connectivity index (χ4v) is 2.83. The molecular weight excluding hydrogens is 412 g/mol. The van der Waals surface area contributed by atoms with Gasteiger partial charge in [-0.05, 0) is 60.5 Å². The molecule has 0 bridgehead atoms. The van der Waals surface area contributed by atoms with Crippen molar-refractivity contribution in [3.05, 3.63) is 105 Å². The maximum Gasteiger partial charge on any atom is 0.146 e. The van der Waals surface area contributed by atoms with Crippen molar-refractivity contribution in [1.29, 1.82) is 0 Å². The van der Waals surface area contributed by atoms with Crippen LogP contribution in [0.15, 0.2) is 48.5 Å². The van der Waals surface area contributed by atoms with Crippen LogP contribution in [0.2, 0.25) is 5.02 Å². The highest BCUT2D eigenvalue weighted by Crippen LogP contribution is 2.20. The summed E-state index contributed by atoms with van der Waals surface area (Å²) in [7, 11) is 0. The van der Waals surface area contributed by atoms with Gasteiger partial charge in [0.05, 0.1) is 5.56 Å². The maximum atomic E-state index is 14.1. The van der Waals surface area contributed by atoms with Gasteiger partial charge < -0.3 is 0 Å². The van der Waals surface area contributed by atoms with E-state index in [0.29, 0.717) is 23.1 Å². The number of benzene rings is 3. The number of halogens is 5.